The second-order valence-corrected chi connectivity index (χ2v) is 2.20. The second kappa shape index (κ2) is 3.80. The van der Waals surface area contributed by atoms with E-state index < -0.39 is 0 Å². The summed E-state index contributed by atoms with van der Waals surface area (Å²) in [7, 11) is 1.57. The molecule has 0 bridgehead atoms. The first-order valence-corrected chi connectivity index (χ1v) is 3.64. The van der Waals surface area contributed by atoms with Gasteiger partial charge in [0.05, 0.1) is 12.8 Å². The van der Waals surface area contributed by atoms with E-state index in [0.29, 0.717) is 11.6 Å². The molecule has 0 unspecified atom stereocenters. The quantitative estimate of drug-likeness (QED) is 0.624. The van der Waals surface area contributed by atoms with Crippen molar-refractivity contribution in [2.24, 2.45) is 4.99 Å². The Morgan fingerprint density at radius 3 is 2.83 bits per heavy atom. The molecule has 1 aromatic heterocycles. The standard InChI is InChI=1S/C8H11N3O/c1-4-9-7-6(2)10-5-11-8(7)12-3/h4-5H,1-3H3/b9-4-. The summed E-state index contributed by atoms with van der Waals surface area (Å²) in [6.07, 6.45) is 3.15. The van der Waals surface area contributed by atoms with Crippen molar-refractivity contribution < 1.29 is 4.74 Å². The van der Waals surface area contributed by atoms with Crippen LogP contribution in [0.15, 0.2) is 11.3 Å². The van der Waals surface area contributed by atoms with Gasteiger partial charge in [-0.25, -0.2) is 4.98 Å². The highest BCUT2D eigenvalue weighted by molar-refractivity contribution is 5.64. The van der Waals surface area contributed by atoms with Crippen molar-refractivity contribution in [3.8, 4) is 5.88 Å². The Morgan fingerprint density at radius 2 is 2.25 bits per heavy atom. The summed E-state index contributed by atoms with van der Waals surface area (Å²) in [5.74, 6) is 0.514. The lowest BCUT2D eigenvalue weighted by Crippen LogP contribution is -1.92. The van der Waals surface area contributed by atoms with Gasteiger partial charge in [0, 0.05) is 6.21 Å². The van der Waals surface area contributed by atoms with E-state index in [1.165, 1.54) is 6.33 Å². The van der Waals surface area contributed by atoms with Gasteiger partial charge in [-0.15, -0.1) is 0 Å². The maximum Gasteiger partial charge on any atom is 0.243 e. The first kappa shape index (κ1) is 8.64. The third-order valence-corrected chi connectivity index (χ3v) is 1.42. The molecule has 0 atom stereocenters. The van der Waals surface area contributed by atoms with Crippen molar-refractivity contribution >= 4 is 11.9 Å². The summed E-state index contributed by atoms with van der Waals surface area (Å²) in [5.41, 5.74) is 1.52. The fourth-order valence-electron chi connectivity index (χ4n) is 0.872. The van der Waals surface area contributed by atoms with E-state index in [1.54, 1.807) is 13.3 Å². The molecule has 0 spiro atoms. The molecular formula is C8H11N3O. The highest BCUT2D eigenvalue weighted by Crippen LogP contribution is 2.25. The molecule has 0 saturated heterocycles. The molecule has 0 radical (unpaired) electrons. The molecule has 0 saturated carbocycles. The van der Waals surface area contributed by atoms with Gasteiger partial charge in [0.1, 0.15) is 12.0 Å². The molecular weight excluding hydrogens is 154 g/mol. The normalized spacial score (nSPS) is 10.6. The topological polar surface area (TPSA) is 47.4 Å². The minimum atomic E-state index is 0.514. The van der Waals surface area contributed by atoms with Crippen LogP contribution in [-0.4, -0.2) is 23.3 Å². The Morgan fingerprint density at radius 1 is 1.50 bits per heavy atom. The van der Waals surface area contributed by atoms with Gasteiger partial charge in [-0.1, -0.05) is 0 Å². The number of rotatable bonds is 2. The van der Waals surface area contributed by atoms with Gasteiger partial charge in [-0.05, 0) is 13.8 Å². The highest BCUT2D eigenvalue weighted by atomic mass is 16.5. The summed E-state index contributed by atoms with van der Waals surface area (Å²) in [6.45, 7) is 3.71. The van der Waals surface area contributed by atoms with Gasteiger partial charge < -0.3 is 4.74 Å². The maximum atomic E-state index is 5.01. The molecule has 12 heavy (non-hydrogen) atoms. The zero-order valence-electron chi connectivity index (χ0n) is 7.40. The number of methoxy groups -OCH3 is 1. The average Bonchev–Trinajstić information content (AvgIpc) is 2.09. The number of aryl methyl sites for hydroxylation is 1. The van der Waals surface area contributed by atoms with E-state index in [4.69, 9.17) is 4.74 Å². The maximum absolute atomic E-state index is 5.01. The minimum Gasteiger partial charge on any atom is -0.479 e. The second-order valence-electron chi connectivity index (χ2n) is 2.20. The molecule has 0 aliphatic heterocycles. The van der Waals surface area contributed by atoms with Crippen molar-refractivity contribution in [2.45, 2.75) is 13.8 Å². The monoisotopic (exact) mass is 165 g/mol. The van der Waals surface area contributed by atoms with Crippen LogP contribution in [0.5, 0.6) is 5.88 Å². The fourth-order valence-corrected chi connectivity index (χ4v) is 0.872. The van der Waals surface area contributed by atoms with E-state index in [-0.39, 0.29) is 0 Å². The summed E-state index contributed by atoms with van der Waals surface area (Å²) in [6, 6.07) is 0. The fraction of sp³-hybridized carbons (Fsp3) is 0.375. The molecule has 4 heteroatoms. The van der Waals surface area contributed by atoms with Crippen molar-refractivity contribution in [1.29, 1.82) is 0 Å². The molecule has 0 aromatic carbocycles. The molecule has 1 rings (SSSR count). The van der Waals surface area contributed by atoms with Crippen LogP contribution in [-0.2, 0) is 0 Å². The summed E-state index contributed by atoms with van der Waals surface area (Å²) in [5, 5.41) is 0. The third kappa shape index (κ3) is 1.58. The van der Waals surface area contributed by atoms with Crippen LogP contribution in [0.25, 0.3) is 0 Å². The van der Waals surface area contributed by atoms with Crippen LogP contribution >= 0.6 is 0 Å². The van der Waals surface area contributed by atoms with E-state index >= 15 is 0 Å². The van der Waals surface area contributed by atoms with Crippen molar-refractivity contribution in [1.82, 2.24) is 9.97 Å². The van der Waals surface area contributed by atoms with Gasteiger partial charge in [0.25, 0.3) is 0 Å². The van der Waals surface area contributed by atoms with Gasteiger partial charge in [0.2, 0.25) is 5.88 Å². The van der Waals surface area contributed by atoms with Crippen molar-refractivity contribution in [2.75, 3.05) is 7.11 Å². The smallest absolute Gasteiger partial charge is 0.243 e. The minimum absolute atomic E-state index is 0.514. The average molecular weight is 165 g/mol. The molecule has 64 valence electrons. The molecule has 1 aromatic rings. The summed E-state index contributed by atoms with van der Waals surface area (Å²) < 4.78 is 5.01. The third-order valence-electron chi connectivity index (χ3n) is 1.42. The van der Waals surface area contributed by atoms with Gasteiger partial charge in [-0.3, -0.25) is 4.99 Å². The number of hydrogen-bond donors (Lipinski definition) is 0. The van der Waals surface area contributed by atoms with E-state index in [0.717, 1.165) is 5.69 Å². The van der Waals surface area contributed by atoms with Crippen LogP contribution in [0, 0.1) is 6.92 Å². The Balaban J connectivity index is 3.19. The number of ether oxygens (including phenoxy) is 1. The van der Waals surface area contributed by atoms with Crippen LogP contribution in [0.1, 0.15) is 12.6 Å². The van der Waals surface area contributed by atoms with E-state index in [9.17, 15) is 0 Å². The van der Waals surface area contributed by atoms with Crippen molar-refractivity contribution in [3.63, 3.8) is 0 Å². The zero-order valence-corrected chi connectivity index (χ0v) is 7.40. The number of aliphatic imine (C=N–C) groups is 1. The lowest BCUT2D eigenvalue weighted by Gasteiger charge is -2.03. The highest BCUT2D eigenvalue weighted by Gasteiger charge is 2.05. The molecule has 0 amide bonds. The predicted molar refractivity (Wildman–Crippen MR) is 47.1 cm³/mol. The largest absolute Gasteiger partial charge is 0.479 e. The van der Waals surface area contributed by atoms with Crippen LogP contribution in [0.3, 0.4) is 0 Å². The molecule has 1 heterocycles. The van der Waals surface area contributed by atoms with Crippen LogP contribution < -0.4 is 4.74 Å². The zero-order chi connectivity index (χ0) is 8.97. The Hall–Kier alpha value is -1.45. The van der Waals surface area contributed by atoms with E-state index in [2.05, 4.69) is 15.0 Å². The predicted octanol–water partition coefficient (Wildman–Crippen LogP) is 1.52. The summed E-state index contributed by atoms with van der Waals surface area (Å²) in [4.78, 5) is 12.0. The lowest BCUT2D eigenvalue weighted by molar-refractivity contribution is 0.398. The molecule has 0 aliphatic rings. The van der Waals surface area contributed by atoms with Gasteiger partial charge in [0.15, 0.2) is 0 Å². The number of aromatic nitrogens is 2. The Bertz CT molecular complexity index is 296. The summed E-state index contributed by atoms with van der Waals surface area (Å²) >= 11 is 0. The Labute approximate surface area is 71.3 Å². The first-order valence-electron chi connectivity index (χ1n) is 3.64. The lowest BCUT2D eigenvalue weighted by atomic mass is 10.4. The molecule has 0 N–H and O–H groups in total. The number of hydrogen-bond acceptors (Lipinski definition) is 4. The molecule has 0 aliphatic carbocycles. The molecule has 4 nitrogen and oxygen atoms in total. The van der Waals surface area contributed by atoms with Crippen LogP contribution in [0.2, 0.25) is 0 Å². The first-order chi connectivity index (χ1) is 5.79. The molecule has 0 fully saturated rings. The van der Waals surface area contributed by atoms with Crippen molar-refractivity contribution in [3.05, 3.63) is 12.0 Å². The van der Waals surface area contributed by atoms with E-state index in [1.807, 2.05) is 13.8 Å². The van der Waals surface area contributed by atoms with Gasteiger partial charge in [-0.2, -0.15) is 4.98 Å². The Kier molecular flexibility index (Phi) is 2.74. The van der Waals surface area contributed by atoms with Crippen LogP contribution in [0.4, 0.5) is 5.69 Å². The number of nitrogens with zero attached hydrogens (tertiary/aromatic N) is 3. The van der Waals surface area contributed by atoms with Gasteiger partial charge >= 0.3 is 0 Å². The SMILES string of the molecule is C/C=N\c1c(C)ncnc1OC.